The largest absolute Gasteiger partial charge is 0.544 e. The molecule has 0 radical (unpaired) electrons. The fourth-order valence-corrected chi connectivity index (χ4v) is 4.70. The predicted octanol–water partition coefficient (Wildman–Crippen LogP) is 0.0347. The minimum Gasteiger partial charge on any atom is -0.544 e. The molecular weight excluding hydrogens is 440 g/mol. The number of benzene rings is 1. The maximum Gasteiger partial charge on any atom is 0.260 e. The molecule has 13 heteroatoms. The Kier molecular flexibility index (Phi) is 5.75. The Balaban J connectivity index is 1.71. The summed E-state index contributed by atoms with van der Waals surface area (Å²) < 4.78 is 22.4. The summed E-state index contributed by atoms with van der Waals surface area (Å²) in [5, 5.41) is 19.0. The van der Waals surface area contributed by atoms with Crippen molar-refractivity contribution in [1.29, 1.82) is 0 Å². The van der Waals surface area contributed by atoms with Crippen LogP contribution in [0.1, 0.15) is 15.2 Å². The molecule has 3 rings (SSSR count). The SMILES string of the molecule is Cc1c(C(=O)[O-])sc2nc(SCC(=O)Nc3ccc(S(N)(=O)=O)cc3)[nH]c(=O)c12. The minimum absolute atomic E-state index is 0.0687. The van der Waals surface area contributed by atoms with Gasteiger partial charge in [0.2, 0.25) is 15.9 Å². The molecule has 2 aromatic heterocycles. The van der Waals surface area contributed by atoms with E-state index in [0.717, 1.165) is 23.1 Å². The lowest BCUT2D eigenvalue weighted by molar-refractivity contribution is -0.254. The maximum absolute atomic E-state index is 12.2. The molecule has 0 aliphatic heterocycles. The standard InChI is InChI=1S/C16H14N4O6S3/c1-7-11-13(22)19-16(20-14(11)28-12(7)15(23)24)27-6-10(21)18-8-2-4-9(5-3-8)29(17,25)26/h2-5H,6H2,1H3,(H,18,21)(H,23,24)(H2,17,25,26)(H,19,20,22)/p-1. The van der Waals surface area contributed by atoms with Crippen molar-refractivity contribution in [3.63, 3.8) is 0 Å². The number of nitrogens with zero attached hydrogens (tertiary/aromatic N) is 1. The van der Waals surface area contributed by atoms with Crippen LogP contribution in [0, 0.1) is 6.92 Å². The second kappa shape index (κ2) is 7.94. The van der Waals surface area contributed by atoms with Crippen LogP contribution in [-0.2, 0) is 14.8 Å². The fourth-order valence-electron chi connectivity index (χ4n) is 2.45. The van der Waals surface area contributed by atoms with Crippen LogP contribution < -0.4 is 21.1 Å². The molecule has 0 saturated carbocycles. The van der Waals surface area contributed by atoms with Gasteiger partial charge in [-0.2, -0.15) is 0 Å². The van der Waals surface area contributed by atoms with Crippen molar-refractivity contribution in [2.75, 3.05) is 11.1 Å². The summed E-state index contributed by atoms with van der Waals surface area (Å²) in [5.41, 5.74) is 0.154. The number of thioether (sulfide) groups is 1. The molecule has 4 N–H and O–H groups in total. The van der Waals surface area contributed by atoms with E-state index < -0.39 is 27.5 Å². The van der Waals surface area contributed by atoms with Crippen LogP contribution >= 0.6 is 23.1 Å². The summed E-state index contributed by atoms with van der Waals surface area (Å²) in [4.78, 5) is 42.2. The van der Waals surface area contributed by atoms with E-state index in [2.05, 4.69) is 15.3 Å². The zero-order chi connectivity index (χ0) is 21.3. The molecule has 152 valence electrons. The number of aromatic nitrogens is 2. The Hall–Kier alpha value is -2.74. The zero-order valence-electron chi connectivity index (χ0n) is 14.7. The van der Waals surface area contributed by atoms with Gasteiger partial charge in [0.25, 0.3) is 5.56 Å². The van der Waals surface area contributed by atoms with Gasteiger partial charge in [-0.15, -0.1) is 11.3 Å². The van der Waals surface area contributed by atoms with Crippen molar-refractivity contribution in [2.45, 2.75) is 17.0 Å². The number of aromatic amines is 1. The molecule has 0 aliphatic rings. The smallest absolute Gasteiger partial charge is 0.260 e. The third kappa shape index (κ3) is 4.64. The summed E-state index contributed by atoms with van der Waals surface area (Å²) in [7, 11) is -3.82. The van der Waals surface area contributed by atoms with E-state index in [4.69, 9.17) is 5.14 Å². The van der Waals surface area contributed by atoms with E-state index in [0.29, 0.717) is 5.69 Å². The number of rotatable bonds is 6. The predicted molar refractivity (Wildman–Crippen MR) is 106 cm³/mol. The van der Waals surface area contributed by atoms with Crippen LogP contribution in [0.15, 0.2) is 39.1 Å². The highest BCUT2D eigenvalue weighted by Crippen LogP contribution is 2.27. The summed E-state index contributed by atoms with van der Waals surface area (Å²) >= 11 is 1.79. The van der Waals surface area contributed by atoms with Gasteiger partial charge < -0.3 is 20.2 Å². The average Bonchev–Trinajstić information content (AvgIpc) is 2.97. The first-order valence-corrected chi connectivity index (χ1v) is 11.2. The molecule has 1 aromatic carbocycles. The van der Waals surface area contributed by atoms with E-state index in [1.807, 2.05) is 0 Å². The summed E-state index contributed by atoms with van der Waals surface area (Å²) in [6.45, 7) is 1.50. The van der Waals surface area contributed by atoms with Crippen molar-refractivity contribution in [3.8, 4) is 0 Å². The van der Waals surface area contributed by atoms with Crippen LogP contribution in [0.4, 0.5) is 5.69 Å². The first-order chi connectivity index (χ1) is 13.6. The number of sulfonamides is 1. The van der Waals surface area contributed by atoms with Crippen LogP contribution in [0.25, 0.3) is 10.2 Å². The van der Waals surface area contributed by atoms with Crippen molar-refractivity contribution < 1.29 is 23.1 Å². The molecule has 0 spiro atoms. The van der Waals surface area contributed by atoms with E-state index in [-0.39, 0.29) is 36.5 Å². The third-order valence-electron chi connectivity index (χ3n) is 3.77. The van der Waals surface area contributed by atoms with Gasteiger partial charge in [0.05, 0.1) is 26.9 Å². The zero-order valence-corrected chi connectivity index (χ0v) is 17.2. The Labute approximate surface area is 172 Å². The van der Waals surface area contributed by atoms with Gasteiger partial charge in [0.15, 0.2) is 5.16 Å². The van der Waals surface area contributed by atoms with Crippen molar-refractivity contribution in [3.05, 3.63) is 45.1 Å². The number of carboxylic acids is 1. The Morgan fingerprint density at radius 2 is 1.97 bits per heavy atom. The first-order valence-electron chi connectivity index (χ1n) is 7.86. The molecule has 1 amide bonds. The van der Waals surface area contributed by atoms with Gasteiger partial charge in [-0.3, -0.25) is 9.59 Å². The number of carboxylic acid groups (broad SMARTS) is 1. The number of primary sulfonamides is 1. The van der Waals surface area contributed by atoms with Crippen LogP contribution in [0.5, 0.6) is 0 Å². The van der Waals surface area contributed by atoms with Gasteiger partial charge >= 0.3 is 0 Å². The molecule has 10 nitrogen and oxygen atoms in total. The van der Waals surface area contributed by atoms with E-state index in [1.54, 1.807) is 0 Å². The highest BCUT2D eigenvalue weighted by molar-refractivity contribution is 7.99. The summed E-state index contributed by atoms with van der Waals surface area (Å²) in [5.74, 6) is -1.89. The molecular formula is C16H13N4O6S3-. The number of hydrogen-bond acceptors (Lipinski definition) is 9. The number of hydrogen-bond donors (Lipinski definition) is 3. The van der Waals surface area contributed by atoms with Gasteiger partial charge in [0, 0.05) is 5.69 Å². The second-order valence-electron chi connectivity index (χ2n) is 5.80. The minimum atomic E-state index is -3.82. The molecule has 3 aromatic rings. The third-order valence-corrected chi connectivity index (χ3v) is 6.74. The van der Waals surface area contributed by atoms with Crippen molar-refractivity contribution >= 4 is 60.9 Å². The molecule has 29 heavy (non-hydrogen) atoms. The normalized spacial score (nSPS) is 11.5. The number of thiophene rings is 1. The molecule has 2 heterocycles. The number of carbonyl (C=O) groups is 2. The maximum atomic E-state index is 12.2. The Morgan fingerprint density at radius 3 is 2.55 bits per heavy atom. The van der Waals surface area contributed by atoms with Crippen LogP contribution in [-0.4, -0.2) is 36.0 Å². The first kappa shape index (κ1) is 21.0. The summed E-state index contributed by atoms with van der Waals surface area (Å²) in [6, 6.07) is 5.31. The average molecular weight is 454 g/mol. The van der Waals surface area contributed by atoms with Crippen LogP contribution in [0.2, 0.25) is 0 Å². The van der Waals surface area contributed by atoms with E-state index in [9.17, 15) is 27.9 Å². The number of nitrogens with two attached hydrogens (primary N) is 1. The molecule has 0 fully saturated rings. The summed E-state index contributed by atoms with van der Waals surface area (Å²) in [6.07, 6.45) is 0. The molecule has 0 saturated heterocycles. The number of carbonyl (C=O) groups excluding carboxylic acids is 2. The number of fused-ring (bicyclic) bond motifs is 1. The molecule has 0 unspecified atom stereocenters. The van der Waals surface area contributed by atoms with Gasteiger partial charge in [-0.05, 0) is 36.8 Å². The van der Waals surface area contributed by atoms with Gasteiger partial charge in [-0.25, -0.2) is 18.5 Å². The number of amides is 1. The number of aromatic carboxylic acids is 1. The fraction of sp³-hybridized carbons (Fsp3) is 0.125. The highest BCUT2D eigenvalue weighted by atomic mass is 32.2. The van der Waals surface area contributed by atoms with E-state index >= 15 is 0 Å². The lowest BCUT2D eigenvalue weighted by Gasteiger charge is -2.06. The van der Waals surface area contributed by atoms with Crippen molar-refractivity contribution in [2.24, 2.45) is 5.14 Å². The van der Waals surface area contributed by atoms with Crippen LogP contribution in [0.3, 0.4) is 0 Å². The van der Waals surface area contributed by atoms with Gasteiger partial charge in [0.1, 0.15) is 4.83 Å². The Morgan fingerprint density at radius 1 is 1.31 bits per heavy atom. The lowest BCUT2D eigenvalue weighted by Crippen LogP contribution is -2.21. The second-order valence-corrected chi connectivity index (χ2v) is 9.33. The molecule has 0 bridgehead atoms. The molecule has 0 aliphatic carbocycles. The Bertz CT molecular complexity index is 1280. The van der Waals surface area contributed by atoms with Gasteiger partial charge in [-0.1, -0.05) is 11.8 Å². The molecule has 0 atom stereocenters. The topological polar surface area (TPSA) is 175 Å². The number of anilines is 1. The lowest BCUT2D eigenvalue weighted by atomic mass is 10.2. The number of nitrogens with one attached hydrogen (secondary N) is 2. The number of aryl methyl sites for hydroxylation is 1. The highest BCUT2D eigenvalue weighted by Gasteiger charge is 2.16. The van der Waals surface area contributed by atoms with E-state index in [1.165, 1.54) is 31.2 Å². The number of H-pyrrole nitrogens is 1. The quantitative estimate of drug-likeness (QED) is 0.346. The van der Waals surface area contributed by atoms with Crippen molar-refractivity contribution in [1.82, 2.24) is 9.97 Å². The monoisotopic (exact) mass is 453 g/mol.